The molecule has 0 saturated carbocycles. The van der Waals surface area contributed by atoms with Gasteiger partial charge in [0.15, 0.2) is 6.61 Å². The molecule has 4 rings (SSSR count). The Hall–Kier alpha value is -2.08. The Morgan fingerprint density at radius 2 is 1.81 bits per heavy atom. The van der Waals surface area contributed by atoms with E-state index in [9.17, 15) is 9.59 Å². The quantitative estimate of drug-likeness (QED) is 0.812. The van der Waals surface area contributed by atoms with E-state index in [-0.39, 0.29) is 18.4 Å². The Kier molecular flexibility index (Phi) is 5.62. The lowest BCUT2D eigenvalue weighted by molar-refractivity contribution is -0.134. The fraction of sp³-hybridized carbons (Fsp3) is 0.619. The number of nitrogens with zero attached hydrogens (tertiary/aromatic N) is 3. The highest BCUT2D eigenvalue weighted by atomic mass is 16.5. The van der Waals surface area contributed by atoms with Crippen LogP contribution in [-0.2, 0) is 4.79 Å². The van der Waals surface area contributed by atoms with Crippen LogP contribution in [0.5, 0.6) is 5.75 Å². The number of fused-ring (bicyclic) bond motifs is 1. The lowest BCUT2D eigenvalue weighted by Crippen LogP contribution is -2.52. The first-order valence-electron chi connectivity index (χ1n) is 10.2. The van der Waals surface area contributed by atoms with Crippen molar-refractivity contribution in [1.29, 1.82) is 0 Å². The minimum atomic E-state index is 0.0313. The number of rotatable bonds is 4. The summed E-state index contributed by atoms with van der Waals surface area (Å²) in [5.41, 5.74) is 0.643. The highest BCUT2D eigenvalue weighted by Crippen LogP contribution is 2.23. The van der Waals surface area contributed by atoms with Gasteiger partial charge in [0.2, 0.25) is 0 Å². The van der Waals surface area contributed by atoms with Crippen LogP contribution in [0.1, 0.15) is 42.5 Å². The second-order valence-electron chi connectivity index (χ2n) is 7.84. The molecule has 146 valence electrons. The zero-order valence-electron chi connectivity index (χ0n) is 15.9. The van der Waals surface area contributed by atoms with E-state index in [0.717, 1.165) is 45.6 Å². The predicted octanol–water partition coefficient (Wildman–Crippen LogP) is 2.00. The van der Waals surface area contributed by atoms with E-state index in [4.69, 9.17) is 4.74 Å². The molecule has 0 aromatic heterocycles. The zero-order valence-corrected chi connectivity index (χ0v) is 15.9. The van der Waals surface area contributed by atoms with Crippen LogP contribution in [0.3, 0.4) is 0 Å². The van der Waals surface area contributed by atoms with Gasteiger partial charge in [-0.25, -0.2) is 0 Å². The monoisotopic (exact) mass is 371 g/mol. The highest BCUT2D eigenvalue weighted by molar-refractivity contribution is 5.94. The number of ether oxygens (including phenoxy) is 1. The number of hydrogen-bond acceptors (Lipinski definition) is 4. The minimum absolute atomic E-state index is 0.0313. The summed E-state index contributed by atoms with van der Waals surface area (Å²) < 4.78 is 5.70. The molecule has 6 heteroatoms. The van der Waals surface area contributed by atoms with Crippen molar-refractivity contribution in [2.45, 2.75) is 38.1 Å². The largest absolute Gasteiger partial charge is 0.484 e. The first kappa shape index (κ1) is 18.3. The number of amides is 2. The van der Waals surface area contributed by atoms with Gasteiger partial charge < -0.3 is 14.5 Å². The normalized spacial score (nSPS) is 23.2. The van der Waals surface area contributed by atoms with Crippen molar-refractivity contribution in [2.75, 3.05) is 45.9 Å². The van der Waals surface area contributed by atoms with Crippen molar-refractivity contribution in [3.05, 3.63) is 29.8 Å². The van der Waals surface area contributed by atoms with Gasteiger partial charge in [0.05, 0.1) is 0 Å². The molecule has 1 aromatic carbocycles. The van der Waals surface area contributed by atoms with E-state index < -0.39 is 0 Å². The lowest BCUT2D eigenvalue weighted by Gasteiger charge is -2.37. The number of piperazine rings is 1. The zero-order chi connectivity index (χ0) is 18.6. The third-order valence-electron chi connectivity index (χ3n) is 6.03. The molecule has 0 spiro atoms. The number of carbonyl (C=O) groups excluding carboxylic acids is 2. The van der Waals surface area contributed by atoms with E-state index in [2.05, 4.69) is 4.90 Å². The Morgan fingerprint density at radius 1 is 0.963 bits per heavy atom. The molecule has 0 aliphatic carbocycles. The van der Waals surface area contributed by atoms with Gasteiger partial charge in [-0.05, 0) is 56.8 Å². The molecule has 0 bridgehead atoms. The molecular formula is C21H29N3O3. The maximum absolute atomic E-state index is 12.9. The summed E-state index contributed by atoms with van der Waals surface area (Å²) in [5, 5.41) is 0. The molecule has 3 heterocycles. The summed E-state index contributed by atoms with van der Waals surface area (Å²) in [5.74, 6) is 0.684. The topological polar surface area (TPSA) is 53.1 Å². The summed E-state index contributed by atoms with van der Waals surface area (Å²) in [6.07, 6.45) is 5.77. The van der Waals surface area contributed by atoms with Gasteiger partial charge >= 0.3 is 0 Å². The van der Waals surface area contributed by atoms with Crippen molar-refractivity contribution in [3.8, 4) is 5.75 Å². The fourth-order valence-corrected chi connectivity index (χ4v) is 4.46. The summed E-state index contributed by atoms with van der Waals surface area (Å²) in [7, 11) is 0. The summed E-state index contributed by atoms with van der Waals surface area (Å²) in [6, 6.07) is 7.77. The van der Waals surface area contributed by atoms with Crippen LogP contribution in [0.2, 0.25) is 0 Å². The molecule has 3 aliphatic rings. The summed E-state index contributed by atoms with van der Waals surface area (Å²) in [6.45, 7) is 5.43. The van der Waals surface area contributed by atoms with Gasteiger partial charge in [-0.1, -0.05) is 6.07 Å². The van der Waals surface area contributed by atoms with E-state index in [1.165, 1.54) is 25.8 Å². The van der Waals surface area contributed by atoms with E-state index in [1.54, 1.807) is 6.07 Å². The SMILES string of the molecule is O=C(COc1cccc(C(=O)N2CCN3CCCC3C2)c1)N1CCCCC1. The van der Waals surface area contributed by atoms with Crippen molar-refractivity contribution in [3.63, 3.8) is 0 Å². The number of likely N-dealkylation sites (tertiary alicyclic amines) is 1. The molecule has 1 atom stereocenters. The molecule has 3 aliphatic heterocycles. The van der Waals surface area contributed by atoms with Crippen LogP contribution in [0.4, 0.5) is 0 Å². The Balaban J connectivity index is 1.34. The van der Waals surface area contributed by atoms with Gasteiger partial charge in [-0.15, -0.1) is 0 Å². The summed E-state index contributed by atoms with van der Waals surface area (Å²) >= 11 is 0. The average Bonchev–Trinajstić information content (AvgIpc) is 3.20. The third-order valence-corrected chi connectivity index (χ3v) is 6.03. The Labute approximate surface area is 161 Å². The van der Waals surface area contributed by atoms with Crippen LogP contribution in [0.25, 0.3) is 0 Å². The Morgan fingerprint density at radius 3 is 2.67 bits per heavy atom. The molecule has 1 unspecified atom stereocenters. The molecule has 6 nitrogen and oxygen atoms in total. The molecule has 1 aromatic rings. The van der Waals surface area contributed by atoms with Crippen molar-refractivity contribution in [1.82, 2.24) is 14.7 Å². The third kappa shape index (κ3) is 4.26. The van der Waals surface area contributed by atoms with Crippen molar-refractivity contribution < 1.29 is 14.3 Å². The second kappa shape index (κ2) is 8.30. The number of hydrogen-bond donors (Lipinski definition) is 0. The van der Waals surface area contributed by atoms with E-state index in [1.807, 2.05) is 28.0 Å². The molecule has 0 N–H and O–H groups in total. The second-order valence-corrected chi connectivity index (χ2v) is 7.84. The molecule has 2 amide bonds. The minimum Gasteiger partial charge on any atom is -0.484 e. The average molecular weight is 371 g/mol. The summed E-state index contributed by atoms with van der Waals surface area (Å²) in [4.78, 5) is 31.5. The molecule has 3 fully saturated rings. The van der Waals surface area contributed by atoms with Crippen LogP contribution in [-0.4, -0.2) is 78.4 Å². The predicted molar refractivity (Wildman–Crippen MR) is 103 cm³/mol. The van der Waals surface area contributed by atoms with Crippen LogP contribution in [0, 0.1) is 0 Å². The number of carbonyl (C=O) groups is 2. The maximum Gasteiger partial charge on any atom is 0.260 e. The standard InChI is InChI=1S/C21H29N3O3/c25-20(23-9-2-1-3-10-23)16-27-19-8-4-6-17(14-19)21(26)24-13-12-22-11-5-7-18(22)15-24/h4,6,8,14,18H,1-3,5,7,9-13,15-16H2. The highest BCUT2D eigenvalue weighted by Gasteiger charge is 2.32. The first-order valence-corrected chi connectivity index (χ1v) is 10.2. The van der Waals surface area contributed by atoms with E-state index >= 15 is 0 Å². The molecule has 0 radical (unpaired) electrons. The van der Waals surface area contributed by atoms with Crippen LogP contribution in [0.15, 0.2) is 24.3 Å². The lowest BCUT2D eigenvalue weighted by atomic mass is 10.1. The number of piperidine rings is 1. The van der Waals surface area contributed by atoms with Crippen LogP contribution >= 0.6 is 0 Å². The maximum atomic E-state index is 12.9. The van der Waals surface area contributed by atoms with E-state index in [0.29, 0.717) is 17.4 Å². The van der Waals surface area contributed by atoms with Crippen LogP contribution < -0.4 is 4.74 Å². The van der Waals surface area contributed by atoms with Gasteiger partial charge in [-0.2, -0.15) is 0 Å². The molecular weight excluding hydrogens is 342 g/mol. The van der Waals surface area contributed by atoms with Gasteiger partial charge in [-0.3, -0.25) is 14.5 Å². The molecule has 27 heavy (non-hydrogen) atoms. The van der Waals surface area contributed by atoms with Crippen molar-refractivity contribution >= 4 is 11.8 Å². The van der Waals surface area contributed by atoms with Gasteiger partial charge in [0.25, 0.3) is 11.8 Å². The van der Waals surface area contributed by atoms with Gasteiger partial charge in [0.1, 0.15) is 5.75 Å². The Bertz CT molecular complexity index is 687. The number of benzene rings is 1. The first-order chi connectivity index (χ1) is 13.2. The van der Waals surface area contributed by atoms with Crippen molar-refractivity contribution in [2.24, 2.45) is 0 Å². The fourth-order valence-electron chi connectivity index (χ4n) is 4.46. The molecule has 3 saturated heterocycles. The van der Waals surface area contributed by atoms with Gasteiger partial charge in [0, 0.05) is 44.3 Å². The smallest absolute Gasteiger partial charge is 0.260 e.